The molecule has 2 aliphatic rings. The molecule has 2 unspecified atom stereocenters. The van der Waals surface area contributed by atoms with E-state index in [1.54, 1.807) is 0 Å². The summed E-state index contributed by atoms with van der Waals surface area (Å²) in [7, 11) is 0. The fourth-order valence-corrected chi connectivity index (χ4v) is 2.68. The highest BCUT2D eigenvalue weighted by molar-refractivity contribution is 5.83. The molecule has 0 bridgehead atoms. The van der Waals surface area contributed by atoms with Crippen molar-refractivity contribution in [3.8, 4) is 0 Å². The molecule has 2 fully saturated rings. The number of aliphatic hydroxyl groups excluding tert-OH is 1. The summed E-state index contributed by atoms with van der Waals surface area (Å²) in [6.45, 7) is 6.29. The summed E-state index contributed by atoms with van der Waals surface area (Å²) >= 11 is 0. The second-order valence-electron chi connectivity index (χ2n) is 5.85. The smallest absolute Gasteiger partial charge is 0.227 e. The molecule has 1 amide bonds. The van der Waals surface area contributed by atoms with Crippen molar-refractivity contribution >= 4 is 5.91 Å². The molecule has 1 saturated heterocycles. The van der Waals surface area contributed by atoms with Gasteiger partial charge in [-0.05, 0) is 37.6 Å². The van der Waals surface area contributed by atoms with Gasteiger partial charge < -0.3 is 15.7 Å². The Balaban J connectivity index is 1.88. The Bertz CT molecular complexity index is 281. The molecule has 2 rings (SSSR count). The van der Waals surface area contributed by atoms with Crippen LogP contribution >= 0.6 is 0 Å². The van der Waals surface area contributed by atoms with E-state index < -0.39 is 0 Å². The van der Waals surface area contributed by atoms with Crippen molar-refractivity contribution in [2.45, 2.75) is 39.2 Å². The molecule has 1 aliphatic carbocycles. The monoisotopic (exact) mass is 240 g/mol. The van der Waals surface area contributed by atoms with Gasteiger partial charge in [0.2, 0.25) is 5.91 Å². The highest BCUT2D eigenvalue weighted by atomic mass is 16.3. The van der Waals surface area contributed by atoms with Gasteiger partial charge in [-0.25, -0.2) is 0 Å². The molecule has 1 heterocycles. The number of hydrogen-bond acceptors (Lipinski definition) is 3. The van der Waals surface area contributed by atoms with Crippen LogP contribution in [0.2, 0.25) is 0 Å². The van der Waals surface area contributed by atoms with E-state index in [1.807, 2.05) is 0 Å². The Morgan fingerprint density at radius 1 is 1.53 bits per heavy atom. The molecule has 1 saturated carbocycles. The second-order valence-corrected chi connectivity index (χ2v) is 5.85. The lowest BCUT2D eigenvalue weighted by Crippen LogP contribution is -2.48. The van der Waals surface area contributed by atoms with Crippen LogP contribution in [0.4, 0.5) is 0 Å². The summed E-state index contributed by atoms with van der Waals surface area (Å²) in [6.07, 6.45) is 2.76. The van der Waals surface area contributed by atoms with Crippen LogP contribution in [-0.2, 0) is 4.79 Å². The lowest BCUT2D eigenvalue weighted by atomic mass is 9.75. The van der Waals surface area contributed by atoms with Gasteiger partial charge in [0.25, 0.3) is 0 Å². The van der Waals surface area contributed by atoms with Gasteiger partial charge in [-0.1, -0.05) is 13.8 Å². The van der Waals surface area contributed by atoms with E-state index in [1.165, 1.54) is 0 Å². The van der Waals surface area contributed by atoms with E-state index in [4.69, 9.17) is 0 Å². The number of aliphatic hydroxyl groups is 1. The number of carbonyl (C=O) groups is 1. The van der Waals surface area contributed by atoms with Gasteiger partial charge >= 0.3 is 0 Å². The minimum absolute atomic E-state index is 0.109. The summed E-state index contributed by atoms with van der Waals surface area (Å²) in [6, 6.07) is 0. The molecule has 4 heteroatoms. The number of rotatable bonds is 5. The van der Waals surface area contributed by atoms with Crippen LogP contribution in [0.5, 0.6) is 0 Å². The molecule has 4 nitrogen and oxygen atoms in total. The maximum atomic E-state index is 12.3. The first-order chi connectivity index (χ1) is 8.06. The molecule has 98 valence electrons. The zero-order chi connectivity index (χ0) is 12.5. The van der Waals surface area contributed by atoms with Crippen LogP contribution in [-0.4, -0.2) is 36.8 Å². The minimum atomic E-state index is -0.350. The van der Waals surface area contributed by atoms with E-state index in [-0.39, 0.29) is 17.4 Å². The van der Waals surface area contributed by atoms with Crippen LogP contribution < -0.4 is 10.6 Å². The van der Waals surface area contributed by atoms with E-state index in [0.717, 1.165) is 32.4 Å². The van der Waals surface area contributed by atoms with Crippen molar-refractivity contribution in [2.24, 2.45) is 17.3 Å². The maximum absolute atomic E-state index is 12.3. The summed E-state index contributed by atoms with van der Waals surface area (Å²) in [4.78, 5) is 12.3. The Labute approximate surface area is 103 Å². The molecule has 0 aromatic carbocycles. The highest BCUT2D eigenvalue weighted by Crippen LogP contribution is 2.35. The minimum Gasteiger partial charge on any atom is -0.391 e. The van der Waals surface area contributed by atoms with Gasteiger partial charge in [-0.3, -0.25) is 4.79 Å². The standard InChI is InChI=1S/C13H24N2O2/c1-9(2)13(5-6-14-8-13)12(17)15-7-11(16)10-3-4-10/h9-11,14,16H,3-8H2,1-2H3,(H,15,17). The molecule has 2 atom stereocenters. The van der Waals surface area contributed by atoms with Gasteiger partial charge in [0.1, 0.15) is 0 Å². The molecule has 17 heavy (non-hydrogen) atoms. The van der Waals surface area contributed by atoms with Crippen molar-refractivity contribution in [3.63, 3.8) is 0 Å². The van der Waals surface area contributed by atoms with Crippen molar-refractivity contribution in [1.82, 2.24) is 10.6 Å². The predicted molar refractivity (Wildman–Crippen MR) is 66.5 cm³/mol. The van der Waals surface area contributed by atoms with Gasteiger partial charge in [-0.2, -0.15) is 0 Å². The fraction of sp³-hybridized carbons (Fsp3) is 0.923. The zero-order valence-corrected chi connectivity index (χ0v) is 10.8. The Morgan fingerprint density at radius 3 is 2.71 bits per heavy atom. The molecule has 3 N–H and O–H groups in total. The topological polar surface area (TPSA) is 61.4 Å². The molecule has 0 radical (unpaired) electrons. The normalized spacial score (nSPS) is 30.6. The summed E-state index contributed by atoms with van der Waals surface area (Å²) in [5.74, 6) is 0.861. The van der Waals surface area contributed by atoms with Crippen LogP contribution in [0, 0.1) is 17.3 Å². The van der Waals surface area contributed by atoms with Crippen molar-refractivity contribution < 1.29 is 9.90 Å². The largest absolute Gasteiger partial charge is 0.391 e. The SMILES string of the molecule is CC(C)C1(C(=O)NCC(O)C2CC2)CCNC1. The molecule has 0 spiro atoms. The van der Waals surface area contributed by atoms with Crippen LogP contribution in [0.15, 0.2) is 0 Å². The van der Waals surface area contributed by atoms with E-state index in [9.17, 15) is 9.90 Å². The van der Waals surface area contributed by atoms with Gasteiger partial charge in [-0.15, -0.1) is 0 Å². The zero-order valence-electron chi connectivity index (χ0n) is 10.8. The Hall–Kier alpha value is -0.610. The number of hydrogen-bond donors (Lipinski definition) is 3. The first-order valence-corrected chi connectivity index (χ1v) is 6.73. The predicted octanol–water partition coefficient (Wildman–Crippen LogP) is 0.509. The first kappa shape index (κ1) is 12.8. The highest BCUT2D eigenvalue weighted by Gasteiger charge is 2.44. The fourth-order valence-electron chi connectivity index (χ4n) is 2.68. The maximum Gasteiger partial charge on any atom is 0.227 e. The average Bonchev–Trinajstić information content (AvgIpc) is 3.02. The average molecular weight is 240 g/mol. The first-order valence-electron chi connectivity index (χ1n) is 6.73. The van der Waals surface area contributed by atoms with Gasteiger partial charge in [0.05, 0.1) is 11.5 Å². The van der Waals surface area contributed by atoms with Gasteiger partial charge in [0.15, 0.2) is 0 Å². The summed E-state index contributed by atoms with van der Waals surface area (Å²) < 4.78 is 0. The van der Waals surface area contributed by atoms with E-state index in [0.29, 0.717) is 18.4 Å². The molecular formula is C13H24N2O2. The number of carbonyl (C=O) groups excluding carboxylic acids is 1. The lowest BCUT2D eigenvalue weighted by molar-refractivity contribution is -0.133. The molecule has 0 aromatic rings. The van der Waals surface area contributed by atoms with E-state index >= 15 is 0 Å². The molecular weight excluding hydrogens is 216 g/mol. The van der Waals surface area contributed by atoms with E-state index in [2.05, 4.69) is 24.5 Å². The molecule has 0 aromatic heterocycles. The number of amides is 1. The lowest BCUT2D eigenvalue weighted by Gasteiger charge is -2.31. The third-order valence-electron chi connectivity index (χ3n) is 4.38. The van der Waals surface area contributed by atoms with Crippen LogP contribution in [0.3, 0.4) is 0 Å². The van der Waals surface area contributed by atoms with Crippen LogP contribution in [0.1, 0.15) is 33.1 Å². The summed E-state index contributed by atoms with van der Waals surface area (Å²) in [5, 5.41) is 16.0. The Morgan fingerprint density at radius 2 is 2.24 bits per heavy atom. The van der Waals surface area contributed by atoms with Crippen molar-refractivity contribution in [2.75, 3.05) is 19.6 Å². The number of nitrogens with one attached hydrogen (secondary N) is 2. The Kier molecular flexibility index (Phi) is 3.73. The van der Waals surface area contributed by atoms with Crippen LogP contribution in [0.25, 0.3) is 0 Å². The molecule has 1 aliphatic heterocycles. The third kappa shape index (κ3) is 2.63. The van der Waals surface area contributed by atoms with Crippen molar-refractivity contribution in [1.29, 1.82) is 0 Å². The second kappa shape index (κ2) is 4.94. The quantitative estimate of drug-likeness (QED) is 0.656. The third-order valence-corrected chi connectivity index (χ3v) is 4.38. The van der Waals surface area contributed by atoms with Gasteiger partial charge in [0, 0.05) is 13.1 Å². The summed E-state index contributed by atoms with van der Waals surface area (Å²) in [5.41, 5.74) is -0.275. The van der Waals surface area contributed by atoms with Crippen molar-refractivity contribution in [3.05, 3.63) is 0 Å².